The van der Waals surface area contributed by atoms with Crippen molar-refractivity contribution >= 4 is 5.97 Å². The van der Waals surface area contributed by atoms with E-state index in [1.807, 2.05) is 0 Å². The molecule has 0 fully saturated rings. The van der Waals surface area contributed by atoms with Gasteiger partial charge in [-0.1, -0.05) is 0 Å². The van der Waals surface area contributed by atoms with Crippen molar-refractivity contribution in [1.82, 2.24) is 0 Å². The number of rotatable bonds is 5. The van der Waals surface area contributed by atoms with E-state index in [1.54, 1.807) is 0 Å². The first-order valence-corrected chi connectivity index (χ1v) is 4.74. The van der Waals surface area contributed by atoms with Crippen LogP contribution in [0, 0.1) is 5.82 Å². The lowest BCUT2D eigenvalue weighted by Gasteiger charge is -2.14. The van der Waals surface area contributed by atoms with E-state index in [4.69, 9.17) is 19.3 Å². The highest BCUT2D eigenvalue weighted by Gasteiger charge is 2.21. The Morgan fingerprint density at radius 2 is 1.82 bits per heavy atom. The average Bonchev–Trinajstić information content (AvgIpc) is 2.28. The minimum Gasteiger partial charge on any atom is -0.493 e. The van der Waals surface area contributed by atoms with Gasteiger partial charge in [0.05, 0.1) is 27.8 Å². The van der Waals surface area contributed by atoms with Crippen LogP contribution in [0.15, 0.2) is 6.07 Å². The maximum Gasteiger partial charge on any atom is 0.307 e. The van der Waals surface area contributed by atoms with Crippen molar-refractivity contribution < 1.29 is 28.5 Å². The Hall–Kier alpha value is -1.98. The number of hydrogen-bond donors (Lipinski definition) is 1. The van der Waals surface area contributed by atoms with Gasteiger partial charge in [0.1, 0.15) is 0 Å². The number of halogens is 1. The predicted molar refractivity (Wildman–Crippen MR) is 57.4 cm³/mol. The summed E-state index contributed by atoms with van der Waals surface area (Å²) in [6, 6.07) is 1.38. The molecule has 0 saturated carbocycles. The molecular formula is C11H13FO5. The summed E-state index contributed by atoms with van der Waals surface area (Å²) in [5.41, 5.74) is 0.190. The molecule has 1 aromatic rings. The number of carboxylic acids is 1. The van der Waals surface area contributed by atoms with Crippen molar-refractivity contribution in [3.05, 3.63) is 17.4 Å². The van der Waals surface area contributed by atoms with Gasteiger partial charge >= 0.3 is 5.97 Å². The molecule has 1 N–H and O–H groups in total. The second kappa shape index (κ2) is 5.38. The Morgan fingerprint density at radius 1 is 1.24 bits per heavy atom. The average molecular weight is 244 g/mol. The molecule has 0 bridgehead atoms. The minimum atomic E-state index is -1.09. The predicted octanol–water partition coefficient (Wildman–Crippen LogP) is 1.48. The number of benzene rings is 1. The molecular weight excluding hydrogens is 231 g/mol. The number of methoxy groups -OCH3 is 3. The lowest BCUT2D eigenvalue weighted by atomic mass is 10.1. The number of aliphatic carboxylic acids is 1. The van der Waals surface area contributed by atoms with Crippen molar-refractivity contribution in [3.63, 3.8) is 0 Å². The van der Waals surface area contributed by atoms with Gasteiger partial charge < -0.3 is 19.3 Å². The zero-order valence-electron chi connectivity index (χ0n) is 9.74. The summed E-state index contributed by atoms with van der Waals surface area (Å²) in [4.78, 5) is 10.7. The Balaban J connectivity index is 3.39. The van der Waals surface area contributed by atoms with Crippen LogP contribution in [0.25, 0.3) is 0 Å². The molecule has 1 rings (SSSR count). The van der Waals surface area contributed by atoms with Crippen LogP contribution < -0.4 is 14.2 Å². The fourth-order valence-electron chi connectivity index (χ4n) is 1.50. The van der Waals surface area contributed by atoms with E-state index in [0.29, 0.717) is 0 Å². The Kier molecular flexibility index (Phi) is 4.14. The zero-order valence-corrected chi connectivity index (χ0v) is 9.74. The molecule has 17 heavy (non-hydrogen) atoms. The summed E-state index contributed by atoms with van der Waals surface area (Å²) in [5, 5.41) is 8.72. The third-order valence-electron chi connectivity index (χ3n) is 2.19. The maximum atomic E-state index is 13.9. The van der Waals surface area contributed by atoms with Crippen LogP contribution in [0.3, 0.4) is 0 Å². The fraction of sp³-hybridized carbons (Fsp3) is 0.364. The molecule has 0 spiro atoms. The highest BCUT2D eigenvalue weighted by Crippen LogP contribution is 2.38. The summed E-state index contributed by atoms with van der Waals surface area (Å²) >= 11 is 0. The zero-order chi connectivity index (χ0) is 13.0. The van der Waals surface area contributed by atoms with E-state index >= 15 is 0 Å². The van der Waals surface area contributed by atoms with Crippen molar-refractivity contribution in [3.8, 4) is 17.2 Å². The van der Waals surface area contributed by atoms with Gasteiger partial charge in [-0.05, 0) is 6.07 Å². The molecule has 1 aromatic carbocycles. The van der Waals surface area contributed by atoms with E-state index < -0.39 is 11.8 Å². The fourth-order valence-corrected chi connectivity index (χ4v) is 1.50. The number of carbonyl (C=O) groups is 1. The van der Waals surface area contributed by atoms with Crippen LogP contribution in [0.5, 0.6) is 17.2 Å². The third kappa shape index (κ3) is 2.58. The van der Waals surface area contributed by atoms with Gasteiger partial charge in [-0.25, -0.2) is 0 Å². The highest BCUT2D eigenvalue weighted by atomic mass is 19.1. The molecule has 0 atom stereocenters. The monoisotopic (exact) mass is 244 g/mol. The van der Waals surface area contributed by atoms with E-state index in [1.165, 1.54) is 27.4 Å². The summed E-state index contributed by atoms with van der Waals surface area (Å²) in [7, 11) is 3.89. The van der Waals surface area contributed by atoms with Gasteiger partial charge in [0.15, 0.2) is 11.5 Å². The van der Waals surface area contributed by atoms with E-state index in [2.05, 4.69) is 0 Å². The van der Waals surface area contributed by atoms with Crippen LogP contribution in [-0.4, -0.2) is 32.4 Å². The van der Waals surface area contributed by atoms with Crippen molar-refractivity contribution in [2.45, 2.75) is 6.42 Å². The number of hydrogen-bond acceptors (Lipinski definition) is 4. The Morgan fingerprint density at radius 3 is 2.24 bits per heavy atom. The standard InChI is InChI=1S/C11H13FO5/c1-15-7-4-6(5-8(13)14)10(16-2)9(12)11(7)17-3/h4H,5H2,1-3H3,(H,13,14). The highest BCUT2D eigenvalue weighted by molar-refractivity contribution is 5.72. The first-order valence-electron chi connectivity index (χ1n) is 4.74. The van der Waals surface area contributed by atoms with Gasteiger partial charge in [-0.3, -0.25) is 4.79 Å². The molecule has 94 valence electrons. The number of ether oxygens (including phenoxy) is 3. The van der Waals surface area contributed by atoms with Crippen molar-refractivity contribution in [2.75, 3.05) is 21.3 Å². The van der Waals surface area contributed by atoms with Gasteiger partial charge in [0, 0.05) is 5.56 Å². The van der Waals surface area contributed by atoms with E-state index in [9.17, 15) is 9.18 Å². The minimum absolute atomic E-state index is 0.113. The maximum absolute atomic E-state index is 13.9. The molecule has 0 unspecified atom stereocenters. The van der Waals surface area contributed by atoms with Crippen LogP contribution in [0.4, 0.5) is 4.39 Å². The van der Waals surface area contributed by atoms with Gasteiger partial charge in [-0.15, -0.1) is 0 Å². The lowest BCUT2D eigenvalue weighted by molar-refractivity contribution is -0.136. The summed E-state index contributed by atoms with van der Waals surface area (Å²) in [6.07, 6.45) is -0.361. The quantitative estimate of drug-likeness (QED) is 0.849. The summed E-state index contributed by atoms with van der Waals surface area (Å²) in [5.74, 6) is -1.99. The van der Waals surface area contributed by atoms with Crippen LogP contribution >= 0.6 is 0 Å². The van der Waals surface area contributed by atoms with Crippen molar-refractivity contribution in [1.29, 1.82) is 0 Å². The van der Waals surface area contributed by atoms with Crippen LogP contribution in [0.1, 0.15) is 5.56 Å². The third-order valence-corrected chi connectivity index (χ3v) is 2.19. The largest absolute Gasteiger partial charge is 0.493 e. The molecule has 0 heterocycles. The first kappa shape index (κ1) is 13.1. The molecule has 0 saturated heterocycles. The number of carboxylic acid groups (broad SMARTS) is 1. The molecule has 0 aliphatic heterocycles. The molecule has 0 radical (unpaired) electrons. The van der Waals surface area contributed by atoms with Crippen LogP contribution in [-0.2, 0) is 11.2 Å². The Labute approximate surface area is 97.7 Å². The smallest absolute Gasteiger partial charge is 0.307 e. The van der Waals surface area contributed by atoms with Gasteiger partial charge in [0.25, 0.3) is 0 Å². The summed E-state index contributed by atoms with van der Waals surface area (Å²) in [6.45, 7) is 0. The lowest BCUT2D eigenvalue weighted by Crippen LogP contribution is -2.06. The molecule has 6 heteroatoms. The molecule has 0 aliphatic carbocycles. The molecule has 0 amide bonds. The first-order chi connectivity index (χ1) is 8.04. The second-order valence-electron chi connectivity index (χ2n) is 3.19. The molecule has 5 nitrogen and oxygen atoms in total. The van der Waals surface area contributed by atoms with Crippen LogP contribution in [0.2, 0.25) is 0 Å². The van der Waals surface area contributed by atoms with Gasteiger partial charge in [-0.2, -0.15) is 4.39 Å². The topological polar surface area (TPSA) is 65.0 Å². The SMILES string of the molecule is COc1cc(CC(=O)O)c(OC)c(F)c1OC. The normalized spacial score (nSPS) is 9.88. The second-order valence-corrected chi connectivity index (χ2v) is 3.19. The van der Waals surface area contributed by atoms with Gasteiger partial charge in [0.2, 0.25) is 11.6 Å². The Bertz CT molecular complexity index is 430. The molecule has 0 aliphatic rings. The summed E-state index contributed by atoms with van der Waals surface area (Å²) < 4.78 is 28.5. The van der Waals surface area contributed by atoms with E-state index in [0.717, 1.165) is 0 Å². The van der Waals surface area contributed by atoms with Crippen molar-refractivity contribution in [2.24, 2.45) is 0 Å². The molecule has 0 aromatic heterocycles. The van der Waals surface area contributed by atoms with E-state index in [-0.39, 0.29) is 29.2 Å².